The van der Waals surface area contributed by atoms with Gasteiger partial charge >= 0.3 is 0 Å². The number of hydrogen-bond acceptors (Lipinski definition) is 2. The van der Waals surface area contributed by atoms with Crippen molar-refractivity contribution in [2.75, 3.05) is 13.2 Å². The first-order valence-electron chi connectivity index (χ1n) is 5.48. The summed E-state index contributed by atoms with van der Waals surface area (Å²) in [6.45, 7) is 1.82. The lowest BCUT2D eigenvalue weighted by Gasteiger charge is -2.37. The quantitative estimate of drug-likeness (QED) is 0.780. The highest BCUT2D eigenvalue weighted by Crippen LogP contribution is 2.35. The summed E-state index contributed by atoms with van der Waals surface area (Å²) >= 11 is 3.53. The number of aryl methyl sites for hydroxylation is 1. The molecule has 2 aliphatic rings. The number of morpholine rings is 1. The summed E-state index contributed by atoms with van der Waals surface area (Å²) in [6.07, 6.45) is 2.62. The fraction of sp³-hybridized carbons (Fsp3) is 0.500. The van der Waals surface area contributed by atoms with E-state index < -0.39 is 0 Å². The molecule has 0 spiro atoms. The van der Waals surface area contributed by atoms with Crippen molar-refractivity contribution >= 4 is 15.9 Å². The van der Waals surface area contributed by atoms with Crippen LogP contribution in [0.3, 0.4) is 0 Å². The fourth-order valence-corrected chi connectivity index (χ4v) is 2.96. The second kappa shape index (κ2) is 3.89. The molecular formula is C12H14BrNO. The monoisotopic (exact) mass is 267 g/mol. The van der Waals surface area contributed by atoms with E-state index in [9.17, 15) is 0 Å². The highest BCUT2D eigenvalue weighted by atomic mass is 79.9. The van der Waals surface area contributed by atoms with Gasteiger partial charge in [0.05, 0.1) is 12.7 Å². The minimum absolute atomic E-state index is 0.264. The Hall–Kier alpha value is -0.380. The smallest absolute Gasteiger partial charge is 0.0981 e. The zero-order valence-electron chi connectivity index (χ0n) is 8.50. The van der Waals surface area contributed by atoms with Crippen molar-refractivity contribution < 1.29 is 4.74 Å². The SMILES string of the molecule is Brc1ccc2c(c1)C1OCCNC1CC2. The largest absolute Gasteiger partial charge is 0.371 e. The molecule has 1 heterocycles. The molecule has 1 N–H and O–H groups in total. The van der Waals surface area contributed by atoms with E-state index >= 15 is 0 Å². The first kappa shape index (κ1) is 9.82. The molecule has 2 unspecified atom stereocenters. The molecule has 0 amide bonds. The lowest BCUT2D eigenvalue weighted by Crippen LogP contribution is -2.45. The summed E-state index contributed by atoms with van der Waals surface area (Å²) in [5, 5.41) is 3.54. The van der Waals surface area contributed by atoms with Gasteiger partial charge in [-0.05, 0) is 36.1 Å². The first-order valence-corrected chi connectivity index (χ1v) is 6.27. The van der Waals surface area contributed by atoms with E-state index in [1.165, 1.54) is 24.0 Å². The summed E-state index contributed by atoms with van der Waals surface area (Å²) in [5.41, 5.74) is 2.82. The summed E-state index contributed by atoms with van der Waals surface area (Å²) in [7, 11) is 0. The van der Waals surface area contributed by atoms with Crippen LogP contribution in [0.15, 0.2) is 22.7 Å². The standard InChI is InChI=1S/C12H14BrNO/c13-9-3-1-8-2-4-11-12(10(8)7-9)15-6-5-14-11/h1,3,7,11-12,14H,2,4-6H2. The minimum atomic E-state index is 0.264. The molecule has 0 radical (unpaired) electrons. The number of ether oxygens (including phenoxy) is 1. The average Bonchev–Trinajstić information content (AvgIpc) is 2.29. The van der Waals surface area contributed by atoms with Gasteiger partial charge in [0, 0.05) is 17.1 Å². The summed E-state index contributed by atoms with van der Waals surface area (Å²) in [4.78, 5) is 0. The second-order valence-electron chi connectivity index (χ2n) is 4.23. The highest BCUT2D eigenvalue weighted by molar-refractivity contribution is 9.10. The van der Waals surface area contributed by atoms with Crippen molar-refractivity contribution in [2.24, 2.45) is 0 Å². The number of rotatable bonds is 0. The maximum Gasteiger partial charge on any atom is 0.0981 e. The van der Waals surface area contributed by atoms with Crippen LogP contribution in [0.4, 0.5) is 0 Å². The Morgan fingerprint density at radius 1 is 1.40 bits per heavy atom. The normalized spacial score (nSPS) is 29.4. The molecule has 2 nitrogen and oxygen atoms in total. The number of hydrogen-bond donors (Lipinski definition) is 1. The van der Waals surface area contributed by atoms with E-state index in [0.29, 0.717) is 6.04 Å². The lowest BCUT2D eigenvalue weighted by atomic mass is 9.85. The first-order chi connectivity index (χ1) is 7.34. The van der Waals surface area contributed by atoms with Gasteiger partial charge in [0.25, 0.3) is 0 Å². The zero-order valence-corrected chi connectivity index (χ0v) is 10.1. The van der Waals surface area contributed by atoms with E-state index in [2.05, 4.69) is 39.4 Å². The van der Waals surface area contributed by atoms with Crippen molar-refractivity contribution in [2.45, 2.75) is 25.0 Å². The van der Waals surface area contributed by atoms with Crippen molar-refractivity contribution in [1.29, 1.82) is 0 Å². The van der Waals surface area contributed by atoms with Crippen LogP contribution >= 0.6 is 15.9 Å². The molecule has 3 heteroatoms. The van der Waals surface area contributed by atoms with Gasteiger partial charge in [0.2, 0.25) is 0 Å². The van der Waals surface area contributed by atoms with Crippen LogP contribution < -0.4 is 5.32 Å². The van der Waals surface area contributed by atoms with Crippen LogP contribution in [0.1, 0.15) is 23.7 Å². The minimum Gasteiger partial charge on any atom is -0.371 e. The Balaban J connectivity index is 2.01. The van der Waals surface area contributed by atoms with Crippen LogP contribution in [-0.4, -0.2) is 19.2 Å². The Bertz CT molecular complexity index is 380. The van der Waals surface area contributed by atoms with Crippen molar-refractivity contribution in [1.82, 2.24) is 5.32 Å². The molecule has 0 bridgehead atoms. The molecule has 3 rings (SSSR count). The molecule has 80 valence electrons. The van der Waals surface area contributed by atoms with E-state index in [0.717, 1.165) is 17.6 Å². The molecule has 1 aliphatic heterocycles. The van der Waals surface area contributed by atoms with Crippen LogP contribution in [0.25, 0.3) is 0 Å². The average molecular weight is 268 g/mol. The summed E-state index contributed by atoms with van der Waals surface area (Å²) < 4.78 is 7.03. The molecule has 1 aliphatic carbocycles. The molecule has 1 fully saturated rings. The Morgan fingerprint density at radius 3 is 3.27 bits per heavy atom. The lowest BCUT2D eigenvalue weighted by molar-refractivity contribution is -0.0127. The predicted octanol–water partition coefficient (Wildman–Crippen LogP) is 2.42. The highest BCUT2D eigenvalue weighted by Gasteiger charge is 2.32. The Morgan fingerprint density at radius 2 is 2.33 bits per heavy atom. The molecule has 2 atom stereocenters. The number of halogens is 1. The third-order valence-corrected chi connectivity index (χ3v) is 3.80. The topological polar surface area (TPSA) is 21.3 Å². The third kappa shape index (κ3) is 1.73. The van der Waals surface area contributed by atoms with Crippen LogP contribution in [-0.2, 0) is 11.2 Å². The molecule has 1 aromatic rings. The van der Waals surface area contributed by atoms with Gasteiger partial charge in [-0.25, -0.2) is 0 Å². The predicted molar refractivity (Wildman–Crippen MR) is 62.9 cm³/mol. The third-order valence-electron chi connectivity index (χ3n) is 3.31. The molecule has 1 aromatic carbocycles. The van der Waals surface area contributed by atoms with Crippen molar-refractivity contribution in [3.63, 3.8) is 0 Å². The number of benzene rings is 1. The molecule has 15 heavy (non-hydrogen) atoms. The van der Waals surface area contributed by atoms with Crippen LogP contribution in [0.5, 0.6) is 0 Å². The van der Waals surface area contributed by atoms with E-state index in [1.54, 1.807) is 0 Å². The van der Waals surface area contributed by atoms with E-state index in [4.69, 9.17) is 4.74 Å². The molecule has 0 aromatic heterocycles. The van der Waals surface area contributed by atoms with Crippen molar-refractivity contribution in [3.8, 4) is 0 Å². The maximum atomic E-state index is 5.88. The molecular weight excluding hydrogens is 254 g/mol. The Labute approximate surface area is 98.1 Å². The van der Waals surface area contributed by atoms with E-state index in [1.807, 2.05) is 0 Å². The van der Waals surface area contributed by atoms with Gasteiger partial charge in [0.1, 0.15) is 0 Å². The van der Waals surface area contributed by atoms with Gasteiger partial charge in [-0.15, -0.1) is 0 Å². The van der Waals surface area contributed by atoms with Gasteiger partial charge in [0.15, 0.2) is 0 Å². The van der Waals surface area contributed by atoms with Gasteiger partial charge in [-0.1, -0.05) is 22.0 Å². The van der Waals surface area contributed by atoms with Crippen molar-refractivity contribution in [3.05, 3.63) is 33.8 Å². The number of fused-ring (bicyclic) bond motifs is 3. The molecule has 1 saturated heterocycles. The molecule has 0 saturated carbocycles. The summed E-state index contributed by atoms with van der Waals surface area (Å²) in [5.74, 6) is 0. The van der Waals surface area contributed by atoms with E-state index in [-0.39, 0.29) is 6.10 Å². The summed E-state index contributed by atoms with van der Waals surface area (Å²) in [6, 6.07) is 7.06. The Kier molecular flexibility index (Phi) is 2.54. The van der Waals surface area contributed by atoms with Gasteiger partial charge < -0.3 is 10.1 Å². The van der Waals surface area contributed by atoms with Gasteiger partial charge in [-0.3, -0.25) is 0 Å². The fourth-order valence-electron chi connectivity index (χ4n) is 2.58. The second-order valence-corrected chi connectivity index (χ2v) is 5.15. The number of nitrogens with one attached hydrogen (secondary N) is 1. The van der Waals surface area contributed by atoms with Gasteiger partial charge in [-0.2, -0.15) is 0 Å². The van der Waals surface area contributed by atoms with Crippen LogP contribution in [0, 0.1) is 0 Å². The maximum absolute atomic E-state index is 5.88. The van der Waals surface area contributed by atoms with Crippen LogP contribution in [0.2, 0.25) is 0 Å². The zero-order chi connectivity index (χ0) is 10.3.